The Balaban J connectivity index is 2.02. The summed E-state index contributed by atoms with van der Waals surface area (Å²) in [4.78, 5) is 15.1. The Morgan fingerprint density at radius 1 is 1.22 bits per heavy atom. The van der Waals surface area contributed by atoms with E-state index in [1.807, 2.05) is 18.2 Å². The van der Waals surface area contributed by atoms with Crippen molar-refractivity contribution in [2.75, 3.05) is 32.1 Å². The summed E-state index contributed by atoms with van der Waals surface area (Å²) in [6, 6.07) is 5.69. The smallest absolute Gasteiger partial charge is 0.153 e. The third kappa shape index (κ3) is 4.88. The number of benzene rings is 1. The van der Waals surface area contributed by atoms with Gasteiger partial charge in [-0.15, -0.1) is 0 Å². The van der Waals surface area contributed by atoms with Gasteiger partial charge in [0.2, 0.25) is 0 Å². The lowest BCUT2D eigenvalue weighted by Crippen LogP contribution is -2.34. The first-order valence-electron chi connectivity index (χ1n) is 8.17. The van der Waals surface area contributed by atoms with E-state index < -0.39 is 0 Å². The molecule has 0 heterocycles. The Hall–Kier alpha value is -0.220. The van der Waals surface area contributed by atoms with Crippen molar-refractivity contribution < 1.29 is 4.79 Å². The molecule has 0 aromatic heterocycles. The third-order valence-electron chi connectivity index (χ3n) is 4.59. The molecule has 128 valence electrons. The molecule has 0 bridgehead atoms. The molecule has 0 N–H and O–H groups in total. The molecule has 2 rings (SSSR count). The maximum Gasteiger partial charge on any atom is 0.153 e. The molecule has 0 saturated heterocycles. The maximum atomic E-state index is 13.0. The molecule has 2 nitrogen and oxygen atoms in total. The van der Waals surface area contributed by atoms with Gasteiger partial charge in [0.1, 0.15) is 0 Å². The van der Waals surface area contributed by atoms with Gasteiger partial charge in [-0.3, -0.25) is 4.79 Å². The van der Waals surface area contributed by atoms with Crippen molar-refractivity contribution in [3.63, 3.8) is 0 Å². The topological polar surface area (TPSA) is 20.3 Å². The number of ketones is 1. The van der Waals surface area contributed by atoms with Crippen LogP contribution in [0, 0.1) is 0 Å². The van der Waals surface area contributed by atoms with Crippen molar-refractivity contribution in [2.45, 2.75) is 37.5 Å². The summed E-state index contributed by atoms with van der Waals surface area (Å²) in [6.07, 6.45) is 5.20. The minimum Gasteiger partial charge on any atom is -0.309 e. The Labute approximate surface area is 153 Å². The van der Waals surface area contributed by atoms with E-state index in [4.69, 9.17) is 23.2 Å². The molecule has 1 aliphatic rings. The summed E-state index contributed by atoms with van der Waals surface area (Å²) >= 11 is 14.0. The van der Waals surface area contributed by atoms with Crippen LogP contribution < -0.4 is 0 Å². The zero-order valence-electron chi connectivity index (χ0n) is 13.9. The molecule has 1 aromatic rings. The summed E-state index contributed by atoms with van der Waals surface area (Å²) in [5.74, 6) is 1.97. The van der Waals surface area contributed by atoms with Gasteiger partial charge < -0.3 is 4.90 Å². The lowest BCUT2D eigenvalue weighted by molar-refractivity contribution is -0.121. The quantitative estimate of drug-likeness (QED) is 0.594. The Bertz CT molecular complexity index is 542. The highest BCUT2D eigenvalue weighted by molar-refractivity contribution is 7.99. The normalized spacial score (nSPS) is 16.9. The third-order valence-corrected chi connectivity index (χ3v) is 6.37. The van der Waals surface area contributed by atoms with Crippen molar-refractivity contribution in [3.8, 4) is 0 Å². The highest BCUT2D eigenvalue weighted by Crippen LogP contribution is 2.44. The van der Waals surface area contributed by atoms with Gasteiger partial charge in [0, 0.05) is 0 Å². The molecule has 1 fully saturated rings. The van der Waals surface area contributed by atoms with Crippen LogP contribution in [0.1, 0.15) is 37.7 Å². The van der Waals surface area contributed by atoms with E-state index >= 15 is 0 Å². The molecule has 0 unspecified atom stereocenters. The van der Waals surface area contributed by atoms with E-state index in [1.165, 1.54) is 0 Å². The van der Waals surface area contributed by atoms with Gasteiger partial charge in [-0.05, 0) is 63.4 Å². The summed E-state index contributed by atoms with van der Waals surface area (Å²) in [5, 5.41) is 1.09. The fraction of sp³-hybridized carbons (Fsp3) is 0.611. The predicted octanol–water partition coefficient (Wildman–Crippen LogP) is 5.06. The van der Waals surface area contributed by atoms with Crippen LogP contribution in [0.3, 0.4) is 0 Å². The second kappa shape index (κ2) is 8.75. The lowest BCUT2D eigenvalue weighted by atomic mass is 9.76. The van der Waals surface area contributed by atoms with Gasteiger partial charge in [0.25, 0.3) is 0 Å². The zero-order chi connectivity index (χ0) is 16.9. The minimum absolute atomic E-state index is 0.344. The number of hydrogen-bond donors (Lipinski definition) is 0. The monoisotopic (exact) mass is 373 g/mol. The van der Waals surface area contributed by atoms with E-state index in [2.05, 4.69) is 19.0 Å². The van der Waals surface area contributed by atoms with Crippen LogP contribution >= 0.6 is 35.0 Å². The van der Waals surface area contributed by atoms with Crippen LogP contribution in [0.5, 0.6) is 0 Å². The first kappa shape index (κ1) is 19.1. The van der Waals surface area contributed by atoms with Gasteiger partial charge >= 0.3 is 0 Å². The number of nitrogens with zero attached hydrogens (tertiary/aromatic N) is 1. The second-order valence-corrected chi connectivity index (χ2v) is 8.47. The van der Waals surface area contributed by atoms with E-state index in [-0.39, 0.29) is 5.41 Å². The van der Waals surface area contributed by atoms with Gasteiger partial charge in [0.05, 0.1) is 21.2 Å². The Morgan fingerprint density at radius 2 is 1.91 bits per heavy atom. The van der Waals surface area contributed by atoms with Gasteiger partial charge in [-0.1, -0.05) is 42.1 Å². The van der Waals surface area contributed by atoms with Crippen LogP contribution in [0.2, 0.25) is 10.0 Å². The van der Waals surface area contributed by atoms with Crippen LogP contribution in [0.4, 0.5) is 0 Å². The van der Waals surface area contributed by atoms with Crippen LogP contribution in [0.15, 0.2) is 18.2 Å². The molecule has 0 spiro atoms. The summed E-state index contributed by atoms with van der Waals surface area (Å²) in [5.41, 5.74) is 0.700. The first-order valence-corrected chi connectivity index (χ1v) is 10.1. The predicted molar refractivity (Wildman–Crippen MR) is 102 cm³/mol. The lowest BCUT2D eigenvalue weighted by Gasteiger charge is -2.28. The van der Waals surface area contributed by atoms with Crippen molar-refractivity contribution in [3.05, 3.63) is 33.8 Å². The number of Topliss-reactive ketones (excluding diaryl/α,β-unsaturated/α-hetero) is 1. The molecule has 0 amide bonds. The molecule has 0 atom stereocenters. The molecular weight excluding hydrogens is 349 g/mol. The summed E-state index contributed by atoms with van der Waals surface area (Å²) < 4.78 is 0. The average Bonchev–Trinajstić information content (AvgIpc) is 3.00. The van der Waals surface area contributed by atoms with Gasteiger partial charge in [-0.25, -0.2) is 0 Å². The largest absolute Gasteiger partial charge is 0.309 e. The standard InChI is InChI=1S/C18H25Cl2NOS/c1-21(2)10-5-11-23-13-17(22)18(8-3-4-9-18)14-6-7-15(19)16(20)12-14/h6-7,12H,3-5,8-11,13H2,1-2H3. The van der Waals surface area contributed by atoms with Crippen molar-refractivity contribution in [2.24, 2.45) is 0 Å². The van der Waals surface area contributed by atoms with Crippen molar-refractivity contribution in [1.29, 1.82) is 0 Å². The Morgan fingerprint density at radius 3 is 2.52 bits per heavy atom. The summed E-state index contributed by atoms with van der Waals surface area (Å²) in [6.45, 7) is 1.07. The number of carbonyl (C=O) groups is 1. The van der Waals surface area contributed by atoms with Crippen LogP contribution in [-0.4, -0.2) is 42.8 Å². The molecular formula is C18H25Cl2NOS. The van der Waals surface area contributed by atoms with E-state index in [1.54, 1.807) is 11.8 Å². The average molecular weight is 374 g/mol. The second-order valence-electron chi connectivity index (χ2n) is 6.55. The molecule has 1 aromatic carbocycles. The first-order chi connectivity index (χ1) is 11.0. The number of rotatable bonds is 8. The SMILES string of the molecule is CN(C)CCCSCC(=O)C1(c2ccc(Cl)c(Cl)c2)CCCC1. The van der Waals surface area contributed by atoms with Gasteiger partial charge in [-0.2, -0.15) is 11.8 Å². The van der Waals surface area contributed by atoms with E-state index in [9.17, 15) is 4.79 Å². The molecule has 0 aliphatic heterocycles. The number of hydrogen-bond acceptors (Lipinski definition) is 3. The maximum absolute atomic E-state index is 13.0. The number of carbonyl (C=O) groups excluding carboxylic acids is 1. The van der Waals surface area contributed by atoms with E-state index in [0.29, 0.717) is 21.6 Å². The number of halogens is 2. The highest BCUT2D eigenvalue weighted by atomic mass is 35.5. The molecule has 0 radical (unpaired) electrons. The number of thioether (sulfide) groups is 1. The fourth-order valence-corrected chi connectivity index (χ4v) is 4.52. The molecule has 1 aliphatic carbocycles. The molecule has 5 heteroatoms. The van der Waals surface area contributed by atoms with Gasteiger partial charge in [0.15, 0.2) is 5.78 Å². The summed E-state index contributed by atoms with van der Waals surface area (Å²) in [7, 11) is 4.15. The Kier molecular flexibility index (Phi) is 7.27. The van der Waals surface area contributed by atoms with E-state index in [0.717, 1.165) is 50.0 Å². The zero-order valence-corrected chi connectivity index (χ0v) is 16.2. The molecule has 23 heavy (non-hydrogen) atoms. The minimum atomic E-state index is -0.344. The van der Waals surface area contributed by atoms with Crippen LogP contribution in [0.25, 0.3) is 0 Å². The van der Waals surface area contributed by atoms with Crippen LogP contribution in [-0.2, 0) is 10.2 Å². The van der Waals surface area contributed by atoms with Crippen molar-refractivity contribution in [1.82, 2.24) is 4.90 Å². The van der Waals surface area contributed by atoms with Crippen molar-refractivity contribution >= 4 is 40.7 Å². The highest BCUT2D eigenvalue weighted by Gasteiger charge is 2.42. The molecule has 1 saturated carbocycles. The fourth-order valence-electron chi connectivity index (χ4n) is 3.29.